The van der Waals surface area contributed by atoms with Gasteiger partial charge in [0.05, 0.1) is 12.1 Å². The third kappa shape index (κ3) is 11.6. The van der Waals surface area contributed by atoms with Crippen molar-refractivity contribution in [3.8, 4) is 0 Å². The fourth-order valence-electron chi connectivity index (χ4n) is 2.54. The Hall–Kier alpha value is -1.54. The molecule has 13 heteroatoms. The molecule has 0 spiro atoms. The molecule has 0 radical (unpaired) electrons. The molecule has 11 nitrogen and oxygen atoms in total. The zero-order chi connectivity index (χ0) is 24.0. The minimum Gasteiger partial charge on any atom is -0.480 e. The van der Waals surface area contributed by atoms with Gasteiger partial charge in [-0.3, -0.25) is 14.4 Å². The number of carboxylic acids is 1. The lowest BCUT2D eigenvalue weighted by Crippen LogP contribution is -2.58. The number of thiol groups is 1. The van der Waals surface area contributed by atoms with Gasteiger partial charge in [-0.2, -0.15) is 24.4 Å². The molecule has 0 saturated carbocycles. The number of rotatable bonds is 16. The summed E-state index contributed by atoms with van der Waals surface area (Å²) in [6.45, 7) is 1.66. The van der Waals surface area contributed by atoms with Crippen molar-refractivity contribution in [3.63, 3.8) is 0 Å². The minimum absolute atomic E-state index is 0.0949. The summed E-state index contributed by atoms with van der Waals surface area (Å²) in [6.07, 6.45) is 2.21. The Kier molecular flexibility index (Phi) is 15.3. The second kappa shape index (κ2) is 16.1. The Morgan fingerprint density at radius 1 is 1.00 bits per heavy atom. The summed E-state index contributed by atoms with van der Waals surface area (Å²) in [5.74, 6) is -2.67. The van der Waals surface area contributed by atoms with Gasteiger partial charge in [0.25, 0.3) is 0 Å². The van der Waals surface area contributed by atoms with Crippen LogP contribution in [-0.2, 0) is 19.2 Å². The molecule has 180 valence electrons. The zero-order valence-electron chi connectivity index (χ0n) is 17.9. The molecular weight excluding hydrogens is 446 g/mol. The van der Waals surface area contributed by atoms with E-state index in [2.05, 4.69) is 28.6 Å². The predicted octanol–water partition coefficient (Wildman–Crippen LogP) is -1.95. The van der Waals surface area contributed by atoms with E-state index in [1.54, 1.807) is 0 Å². The Morgan fingerprint density at radius 3 is 2.03 bits per heavy atom. The molecule has 5 atom stereocenters. The molecule has 0 aliphatic carbocycles. The first-order valence-corrected chi connectivity index (χ1v) is 12.0. The highest BCUT2D eigenvalue weighted by Gasteiger charge is 2.31. The van der Waals surface area contributed by atoms with Crippen molar-refractivity contribution in [3.05, 3.63) is 0 Å². The van der Waals surface area contributed by atoms with Crippen LogP contribution in [0.15, 0.2) is 0 Å². The minimum atomic E-state index is -1.52. The van der Waals surface area contributed by atoms with Crippen LogP contribution in [0.3, 0.4) is 0 Å². The largest absolute Gasteiger partial charge is 0.480 e. The van der Waals surface area contributed by atoms with Gasteiger partial charge < -0.3 is 37.6 Å². The smallest absolute Gasteiger partial charge is 0.328 e. The van der Waals surface area contributed by atoms with Crippen LogP contribution >= 0.6 is 24.4 Å². The van der Waals surface area contributed by atoms with Crippen LogP contribution in [0.5, 0.6) is 0 Å². The molecule has 0 saturated heterocycles. The molecule has 0 heterocycles. The highest BCUT2D eigenvalue weighted by atomic mass is 32.2. The number of hydrogen-bond acceptors (Lipinski definition) is 9. The zero-order valence-corrected chi connectivity index (χ0v) is 19.6. The van der Waals surface area contributed by atoms with Gasteiger partial charge in [0, 0.05) is 5.75 Å². The summed E-state index contributed by atoms with van der Waals surface area (Å²) in [7, 11) is 0. The number of aliphatic hydroxyl groups is 1. The van der Waals surface area contributed by atoms with Crippen LogP contribution in [-0.4, -0.2) is 88.5 Å². The topological polar surface area (TPSA) is 197 Å². The van der Waals surface area contributed by atoms with E-state index in [-0.39, 0.29) is 18.6 Å². The van der Waals surface area contributed by atoms with Crippen LogP contribution in [0.2, 0.25) is 0 Å². The highest BCUT2D eigenvalue weighted by Crippen LogP contribution is 2.06. The monoisotopic (exact) mass is 481 g/mol. The van der Waals surface area contributed by atoms with Crippen LogP contribution < -0.4 is 27.4 Å². The fraction of sp³-hybridized carbons (Fsp3) is 0.778. The number of carboxylic acid groups (broad SMARTS) is 1. The summed E-state index contributed by atoms with van der Waals surface area (Å²) in [4.78, 5) is 48.9. The predicted molar refractivity (Wildman–Crippen MR) is 123 cm³/mol. The first kappa shape index (κ1) is 29.5. The Balaban J connectivity index is 5.38. The van der Waals surface area contributed by atoms with E-state index in [0.29, 0.717) is 25.1 Å². The molecule has 5 unspecified atom stereocenters. The molecule has 0 aliphatic heterocycles. The maximum atomic E-state index is 12.8. The maximum Gasteiger partial charge on any atom is 0.328 e. The number of aliphatic carboxylic acids is 1. The van der Waals surface area contributed by atoms with Crippen molar-refractivity contribution in [2.24, 2.45) is 11.5 Å². The molecule has 3 amide bonds. The van der Waals surface area contributed by atoms with Gasteiger partial charge in [-0.05, 0) is 51.2 Å². The molecule has 0 aromatic rings. The second-order valence-electron chi connectivity index (χ2n) is 7.04. The van der Waals surface area contributed by atoms with Crippen LogP contribution in [0, 0.1) is 0 Å². The van der Waals surface area contributed by atoms with Crippen LogP contribution in [0.4, 0.5) is 0 Å². The maximum absolute atomic E-state index is 12.8. The molecule has 0 aliphatic rings. The lowest BCUT2D eigenvalue weighted by atomic mass is 10.1. The molecule has 0 bridgehead atoms. The average molecular weight is 482 g/mol. The lowest BCUT2D eigenvalue weighted by molar-refractivity contribution is -0.145. The quantitative estimate of drug-likeness (QED) is 0.0911. The first-order valence-electron chi connectivity index (χ1n) is 9.96. The Bertz CT molecular complexity index is 596. The van der Waals surface area contributed by atoms with Gasteiger partial charge in [0.15, 0.2) is 6.04 Å². The molecule has 9 N–H and O–H groups in total. The van der Waals surface area contributed by atoms with E-state index in [4.69, 9.17) is 11.5 Å². The lowest BCUT2D eigenvalue weighted by Gasteiger charge is -2.25. The summed E-state index contributed by atoms with van der Waals surface area (Å²) in [5.41, 5.74) is 11.2. The molecular formula is C18H35N5O6S2. The van der Waals surface area contributed by atoms with E-state index >= 15 is 0 Å². The average Bonchev–Trinajstić information content (AvgIpc) is 2.72. The summed E-state index contributed by atoms with van der Waals surface area (Å²) in [6, 6.07) is -4.41. The van der Waals surface area contributed by atoms with E-state index in [9.17, 15) is 29.4 Å². The fourth-order valence-corrected chi connectivity index (χ4v) is 3.18. The van der Waals surface area contributed by atoms with E-state index in [0.717, 1.165) is 0 Å². The third-order valence-corrected chi connectivity index (χ3v) is 5.44. The number of thioether (sulfide) groups is 1. The van der Waals surface area contributed by atoms with Crippen LogP contribution in [0.25, 0.3) is 0 Å². The number of carbonyl (C=O) groups is 4. The number of nitrogens with two attached hydrogens (primary N) is 2. The van der Waals surface area contributed by atoms with Gasteiger partial charge in [0.1, 0.15) is 12.1 Å². The summed E-state index contributed by atoms with van der Waals surface area (Å²) >= 11 is 5.42. The first-order chi connectivity index (χ1) is 14.6. The number of amides is 3. The molecule has 0 aromatic carbocycles. The molecule has 0 fully saturated rings. The number of carbonyl (C=O) groups excluding carboxylic acids is 3. The van der Waals surface area contributed by atoms with Gasteiger partial charge in [-0.25, -0.2) is 4.79 Å². The van der Waals surface area contributed by atoms with Crippen LogP contribution in [0.1, 0.15) is 32.6 Å². The Morgan fingerprint density at radius 2 is 1.55 bits per heavy atom. The van der Waals surface area contributed by atoms with Crippen molar-refractivity contribution in [2.75, 3.05) is 24.3 Å². The van der Waals surface area contributed by atoms with Gasteiger partial charge in [-0.15, -0.1) is 0 Å². The Labute approximate surface area is 192 Å². The molecule has 0 aromatic heterocycles. The SMILES string of the molecule is CSCCC(NC(=O)C(CCCCN)NC(=O)C(N)CS)C(=O)NC(C(=O)O)C(C)O. The second-order valence-corrected chi connectivity index (χ2v) is 8.39. The molecule has 0 rings (SSSR count). The van der Waals surface area contributed by atoms with Gasteiger partial charge >= 0.3 is 5.97 Å². The summed E-state index contributed by atoms with van der Waals surface area (Å²) in [5, 5.41) is 26.2. The highest BCUT2D eigenvalue weighted by molar-refractivity contribution is 7.98. The number of unbranched alkanes of at least 4 members (excludes halogenated alkanes) is 1. The van der Waals surface area contributed by atoms with E-state index < -0.39 is 54.0 Å². The number of nitrogens with one attached hydrogen (secondary N) is 3. The van der Waals surface area contributed by atoms with Crippen molar-refractivity contribution in [1.82, 2.24) is 16.0 Å². The number of aliphatic hydroxyl groups excluding tert-OH is 1. The van der Waals surface area contributed by atoms with E-state index in [1.165, 1.54) is 18.7 Å². The van der Waals surface area contributed by atoms with Crippen molar-refractivity contribution in [1.29, 1.82) is 0 Å². The summed E-state index contributed by atoms with van der Waals surface area (Å²) < 4.78 is 0. The number of hydrogen-bond donors (Lipinski definition) is 8. The van der Waals surface area contributed by atoms with Gasteiger partial charge in [0.2, 0.25) is 17.7 Å². The third-order valence-electron chi connectivity index (χ3n) is 4.40. The molecule has 31 heavy (non-hydrogen) atoms. The van der Waals surface area contributed by atoms with Crippen molar-refractivity contribution < 1.29 is 29.4 Å². The van der Waals surface area contributed by atoms with Crippen molar-refractivity contribution >= 4 is 48.1 Å². The van der Waals surface area contributed by atoms with E-state index in [1.807, 2.05) is 6.26 Å². The standard InChI is InChI=1S/C18H35N5O6S2/c1-10(24)14(18(28)29)23-17(27)13(6-8-31-2)22-16(26)12(5-3-4-7-19)21-15(25)11(20)9-30/h10-14,24,30H,3-9,19-20H2,1-2H3,(H,21,25)(H,22,26)(H,23,27)(H,28,29). The van der Waals surface area contributed by atoms with Crippen molar-refractivity contribution in [2.45, 2.75) is 62.9 Å². The van der Waals surface area contributed by atoms with Gasteiger partial charge in [-0.1, -0.05) is 0 Å². The normalized spacial score (nSPS) is 15.8.